The molecule has 3 saturated carbocycles. The van der Waals surface area contributed by atoms with E-state index in [-0.39, 0.29) is 6.10 Å². The standard InChI is InChI=1S/C30H50O/c1-8-22(19(2)3)10-9-20(4)24-13-14-26-23-11-12-25-21(5)28(31)16-18-30(25,7)27(23)15-17-29(24,26)6/h8,19-21,24-25,27-28,31H,9-18H2,1-7H3/b22-8-. The maximum atomic E-state index is 10.5. The second-order valence-electron chi connectivity index (χ2n) is 12.8. The lowest BCUT2D eigenvalue weighted by atomic mass is 9.47. The molecule has 0 aromatic rings. The van der Waals surface area contributed by atoms with Crippen LogP contribution in [0.1, 0.15) is 113 Å². The van der Waals surface area contributed by atoms with Crippen molar-refractivity contribution in [2.45, 2.75) is 119 Å². The minimum Gasteiger partial charge on any atom is -0.393 e. The molecule has 4 aliphatic rings. The first-order valence-corrected chi connectivity index (χ1v) is 13.7. The summed E-state index contributed by atoms with van der Waals surface area (Å²) >= 11 is 0. The first-order chi connectivity index (χ1) is 14.6. The quantitative estimate of drug-likeness (QED) is 0.438. The molecule has 8 unspecified atom stereocenters. The number of rotatable bonds is 5. The minimum absolute atomic E-state index is 0.0641. The van der Waals surface area contributed by atoms with E-state index in [1.54, 1.807) is 5.57 Å². The zero-order valence-electron chi connectivity index (χ0n) is 21.6. The summed E-state index contributed by atoms with van der Waals surface area (Å²) in [5.41, 5.74) is 6.36. The molecule has 4 aliphatic carbocycles. The van der Waals surface area contributed by atoms with E-state index in [0.717, 1.165) is 30.1 Å². The zero-order valence-corrected chi connectivity index (χ0v) is 21.6. The molecule has 1 heteroatoms. The molecule has 0 aromatic heterocycles. The molecule has 3 fully saturated rings. The van der Waals surface area contributed by atoms with Gasteiger partial charge in [-0.15, -0.1) is 0 Å². The molecule has 8 atom stereocenters. The van der Waals surface area contributed by atoms with Crippen molar-refractivity contribution in [2.24, 2.45) is 46.3 Å². The van der Waals surface area contributed by atoms with E-state index in [4.69, 9.17) is 0 Å². The predicted molar refractivity (Wildman–Crippen MR) is 133 cm³/mol. The van der Waals surface area contributed by atoms with Crippen molar-refractivity contribution < 1.29 is 5.11 Å². The minimum atomic E-state index is -0.0641. The van der Waals surface area contributed by atoms with Gasteiger partial charge in [-0.1, -0.05) is 64.3 Å². The Morgan fingerprint density at radius 3 is 2.48 bits per heavy atom. The predicted octanol–water partition coefficient (Wildman–Crippen LogP) is 8.34. The van der Waals surface area contributed by atoms with E-state index in [0.29, 0.717) is 22.7 Å². The van der Waals surface area contributed by atoms with Gasteiger partial charge in [0.25, 0.3) is 0 Å². The van der Waals surface area contributed by atoms with E-state index in [9.17, 15) is 5.11 Å². The zero-order chi connectivity index (χ0) is 22.6. The van der Waals surface area contributed by atoms with Crippen LogP contribution in [0.3, 0.4) is 0 Å². The molecular formula is C30H50O. The fourth-order valence-electron chi connectivity index (χ4n) is 9.26. The Labute approximate surface area is 193 Å². The Morgan fingerprint density at radius 1 is 1.06 bits per heavy atom. The van der Waals surface area contributed by atoms with Crippen LogP contribution in [-0.2, 0) is 0 Å². The van der Waals surface area contributed by atoms with E-state index in [2.05, 4.69) is 54.5 Å². The van der Waals surface area contributed by atoms with Crippen molar-refractivity contribution in [3.05, 3.63) is 22.8 Å². The van der Waals surface area contributed by atoms with Gasteiger partial charge in [0.05, 0.1) is 6.10 Å². The molecule has 176 valence electrons. The SMILES string of the molecule is C/C=C(/CCC(C)C1CCC2=C3CCC4C(C)C(O)CCC4(C)C3CCC21C)C(C)C. The first kappa shape index (κ1) is 23.6. The molecule has 0 saturated heterocycles. The molecule has 0 bridgehead atoms. The summed E-state index contributed by atoms with van der Waals surface area (Å²) < 4.78 is 0. The molecule has 1 N–H and O–H groups in total. The van der Waals surface area contributed by atoms with Crippen LogP contribution in [0.2, 0.25) is 0 Å². The van der Waals surface area contributed by atoms with E-state index in [1.165, 1.54) is 57.8 Å². The van der Waals surface area contributed by atoms with Crippen LogP contribution in [-0.4, -0.2) is 11.2 Å². The van der Waals surface area contributed by atoms with Crippen LogP contribution >= 0.6 is 0 Å². The van der Waals surface area contributed by atoms with Gasteiger partial charge >= 0.3 is 0 Å². The lowest BCUT2D eigenvalue weighted by Gasteiger charge is -2.58. The van der Waals surface area contributed by atoms with Crippen LogP contribution < -0.4 is 0 Å². The Morgan fingerprint density at radius 2 is 1.81 bits per heavy atom. The van der Waals surface area contributed by atoms with Gasteiger partial charge in [-0.05, 0) is 117 Å². The topological polar surface area (TPSA) is 20.2 Å². The number of allylic oxidation sites excluding steroid dienone is 4. The normalized spacial score (nSPS) is 44.2. The molecule has 31 heavy (non-hydrogen) atoms. The molecule has 0 radical (unpaired) electrons. The lowest BCUT2D eigenvalue weighted by molar-refractivity contribution is -0.0779. The third-order valence-corrected chi connectivity index (χ3v) is 11.2. The van der Waals surface area contributed by atoms with Gasteiger partial charge in [0, 0.05) is 0 Å². The molecule has 0 amide bonds. The number of hydrogen-bond donors (Lipinski definition) is 1. The van der Waals surface area contributed by atoms with Crippen molar-refractivity contribution in [2.75, 3.05) is 0 Å². The van der Waals surface area contributed by atoms with Gasteiger partial charge < -0.3 is 5.11 Å². The Bertz CT molecular complexity index is 729. The molecule has 4 rings (SSSR count). The second kappa shape index (κ2) is 8.66. The van der Waals surface area contributed by atoms with Gasteiger partial charge in [-0.2, -0.15) is 0 Å². The highest BCUT2D eigenvalue weighted by Gasteiger charge is 2.56. The third-order valence-electron chi connectivity index (χ3n) is 11.2. The molecule has 0 aliphatic heterocycles. The summed E-state index contributed by atoms with van der Waals surface area (Å²) in [6, 6.07) is 0. The molecule has 0 heterocycles. The Balaban J connectivity index is 1.55. The summed E-state index contributed by atoms with van der Waals surface area (Å²) in [4.78, 5) is 0. The largest absolute Gasteiger partial charge is 0.393 e. The summed E-state index contributed by atoms with van der Waals surface area (Å²) in [5, 5.41) is 10.5. The smallest absolute Gasteiger partial charge is 0.0568 e. The highest BCUT2D eigenvalue weighted by molar-refractivity contribution is 5.35. The number of aliphatic hydroxyl groups is 1. The summed E-state index contributed by atoms with van der Waals surface area (Å²) in [6.07, 6.45) is 15.5. The van der Waals surface area contributed by atoms with Gasteiger partial charge in [0.15, 0.2) is 0 Å². The number of fused-ring (bicyclic) bond motifs is 4. The van der Waals surface area contributed by atoms with Crippen molar-refractivity contribution in [3.8, 4) is 0 Å². The van der Waals surface area contributed by atoms with E-state index < -0.39 is 0 Å². The van der Waals surface area contributed by atoms with Crippen LogP contribution in [0.4, 0.5) is 0 Å². The van der Waals surface area contributed by atoms with Crippen LogP contribution in [0, 0.1) is 46.3 Å². The van der Waals surface area contributed by atoms with Gasteiger partial charge in [-0.3, -0.25) is 0 Å². The fraction of sp³-hybridized carbons (Fsp3) is 0.867. The average molecular weight is 427 g/mol. The van der Waals surface area contributed by atoms with Crippen LogP contribution in [0.5, 0.6) is 0 Å². The van der Waals surface area contributed by atoms with Crippen LogP contribution in [0.15, 0.2) is 22.8 Å². The maximum Gasteiger partial charge on any atom is 0.0568 e. The molecule has 0 spiro atoms. The van der Waals surface area contributed by atoms with Gasteiger partial charge in [0.2, 0.25) is 0 Å². The fourth-order valence-corrected chi connectivity index (χ4v) is 9.26. The molecule has 1 nitrogen and oxygen atoms in total. The van der Waals surface area contributed by atoms with E-state index in [1.807, 2.05) is 11.1 Å². The molecular weight excluding hydrogens is 376 g/mol. The lowest BCUT2D eigenvalue weighted by Crippen LogP contribution is -2.51. The summed E-state index contributed by atoms with van der Waals surface area (Å²) in [6.45, 7) is 17.1. The monoisotopic (exact) mass is 426 g/mol. The molecule has 0 aromatic carbocycles. The highest BCUT2D eigenvalue weighted by Crippen LogP contribution is 2.66. The van der Waals surface area contributed by atoms with Crippen molar-refractivity contribution in [1.82, 2.24) is 0 Å². The summed E-state index contributed by atoms with van der Waals surface area (Å²) in [5.74, 6) is 4.40. The van der Waals surface area contributed by atoms with Crippen molar-refractivity contribution in [1.29, 1.82) is 0 Å². The average Bonchev–Trinajstić information content (AvgIpc) is 3.08. The Kier molecular flexibility index (Phi) is 6.59. The van der Waals surface area contributed by atoms with Gasteiger partial charge in [0.1, 0.15) is 0 Å². The second-order valence-corrected chi connectivity index (χ2v) is 12.8. The van der Waals surface area contributed by atoms with Crippen molar-refractivity contribution in [3.63, 3.8) is 0 Å². The summed E-state index contributed by atoms with van der Waals surface area (Å²) in [7, 11) is 0. The third kappa shape index (κ3) is 3.79. The maximum absolute atomic E-state index is 10.5. The Hall–Kier alpha value is -0.560. The number of hydrogen-bond acceptors (Lipinski definition) is 1. The first-order valence-electron chi connectivity index (χ1n) is 13.7. The van der Waals surface area contributed by atoms with Gasteiger partial charge in [-0.25, -0.2) is 0 Å². The van der Waals surface area contributed by atoms with Crippen LogP contribution in [0.25, 0.3) is 0 Å². The number of aliphatic hydroxyl groups excluding tert-OH is 1. The van der Waals surface area contributed by atoms with E-state index >= 15 is 0 Å². The highest BCUT2D eigenvalue weighted by atomic mass is 16.3. The van der Waals surface area contributed by atoms with Crippen molar-refractivity contribution >= 4 is 0 Å².